The summed E-state index contributed by atoms with van der Waals surface area (Å²) in [7, 11) is 0. The standard InChI is InChI=1S/C23H18Br2ClFN2O3/c24-19-14-9-15(20(19)25)18-17(14)22(31)29(23(18)32)28(10-12-3-1-2-4-16(12)27)21(30)11-5-7-13(26)8-6-11/h1-8,14-15,17-20H,9-10H2/t14-,15-,17-,18+,19+,20+/m1/s1. The van der Waals surface area contributed by atoms with E-state index in [0.29, 0.717) is 5.02 Å². The summed E-state index contributed by atoms with van der Waals surface area (Å²) in [4.78, 5) is 40.6. The number of nitrogens with zero attached hydrogens (tertiary/aromatic N) is 2. The van der Waals surface area contributed by atoms with Crippen LogP contribution >= 0.6 is 43.5 Å². The van der Waals surface area contributed by atoms with Crippen molar-refractivity contribution >= 4 is 61.2 Å². The van der Waals surface area contributed by atoms with E-state index >= 15 is 0 Å². The summed E-state index contributed by atoms with van der Waals surface area (Å²) in [5, 5.41) is 2.49. The zero-order valence-electron chi connectivity index (χ0n) is 16.6. The van der Waals surface area contributed by atoms with Crippen molar-refractivity contribution in [3.05, 3.63) is 70.5 Å². The summed E-state index contributed by atoms with van der Waals surface area (Å²) >= 11 is 13.3. The fraction of sp³-hybridized carbons (Fsp3) is 0.348. The summed E-state index contributed by atoms with van der Waals surface area (Å²) in [6.45, 7) is -0.240. The molecule has 2 bridgehead atoms. The number of imide groups is 1. The van der Waals surface area contributed by atoms with Gasteiger partial charge in [-0.25, -0.2) is 9.40 Å². The van der Waals surface area contributed by atoms with E-state index in [9.17, 15) is 18.8 Å². The average molecular weight is 585 g/mol. The van der Waals surface area contributed by atoms with E-state index in [1.54, 1.807) is 24.3 Å². The van der Waals surface area contributed by atoms with Gasteiger partial charge in [-0.15, -0.1) is 0 Å². The van der Waals surface area contributed by atoms with Gasteiger partial charge in [-0.1, -0.05) is 61.7 Å². The van der Waals surface area contributed by atoms with Gasteiger partial charge in [0.1, 0.15) is 5.82 Å². The first kappa shape index (κ1) is 22.0. The Labute approximate surface area is 206 Å². The molecule has 0 spiro atoms. The fourth-order valence-corrected chi connectivity index (χ4v) is 7.33. The molecule has 1 saturated heterocycles. The van der Waals surface area contributed by atoms with Crippen LogP contribution in [0.25, 0.3) is 0 Å². The van der Waals surface area contributed by atoms with Gasteiger partial charge in [0, 0.05) is 25.8 Å². The normalized spacial score (nSPS) is 30.7. The first-order valence-electron chi connectivity index (χ1n) is 10.3. The van der Waals surface area contributed by atoms with Crippen LogP contribution in [0.15, 0.2) is 48.5 Å². The van der Waals surface area contributed by atoms with Crippen LogP contribution in [0, 0.1) is 29.5 Å². The van der Waals surface area contributed by atoms with Crippen LogP contribution in [-0.4, -0.2) is 37.4 Å². The molecular weight excluding hydrogens is 567 g/mol. The van der Waals surface area contributed by atoms with E-state index in [0.717, 1.165) is 16.4 Å². The van der Waals surface area contributed by atoms with Crippen molar-refractivity contribution in [1.29, 1.82) is 0 Å². The first-order chi connectivity index (χ1) is 15.3. The quantitative estimate of drug-likeness (QED) is 0.383. The van der Waals surface area contributed by atoms with E-state index in [2.05, 4.69) is 31.9 Å². The van der Waals surface area contributed by atoms with Crippen molar-refractivity contribution in [2.24, 2.45) is 23.7 Å². The minimum atomic E-state index is -0.565. The lowest BCUT2D eigenvalue weighted by atomic mass is 9.81. The van der Waals surface area contributed by atoms with E-state index in [4.69, 9.17) is 11.6 Å². The number of amides is 3. The van der Waals surface area contributed by atoms with Crippen molar-refractivity contribution in [3.8, 4) is 0 Å². The number of fused-ring (bicyclic) bond motifs is 5. The second-order valence-electron chi connectivity index (χ2n) is 8.45. The molecule has 0 unspecified atom stereocenters. The molecule has 32 heavy (non-hydrogen) atoms. The smallest absolute Gasteiger partial charge is 0.272 e. The van der Waals surface area contributed by atoms with Gasteiger partial charge < -0.3 is 0 Å². The summed E-state index contributed by atoms with van der Waals surface area (Å²) < 4.78 is 14.5. The molecule has 2 aliphatic carbocycles. The van der Waals surface area contributed by atoms with E-state index in [-0.39, 0.29) is 39.2 Å². The van der Waals surface area contributed by atoms with Gasteiger partial charge in [0.2, 0.25) is 0 Å². The highest BCUT2D eigenvalue weighted by molar-refractivity contribution is 9.12. The Morgan fingerprint density at radius 3 is 2.12 bits per heavy atom. The number of benzene rings is 2. The van der Waals surface area contributed by atoms with Crippen LogP contribution in [0.2, 0.25) is 5.02 Å². The maximum Gasteiger partial charge on any atom is 0.273 e. The molecule has 0 N–H and O–H groups in total. The minimum absolute atomic E-state index is 0.0109. The van der Waals surface area contributed by atoms with Gasteiger partial charge in [0.05, 0.1) is 18.4 Å². The number of carbonyl (C=O) groups excluding carboxylic acids is 3. The van der Waals surface area contributed by atoms with Crippen molar-refractivity contribution in [1.82, 2.24) is 10.0 Å². The van der Waals surface area contributed by atoms with Crippen LogP contribution in [0.5, 0.6) is 0 Å². The zero-order chi connectivity index (χ0) is 22.7. The second kappa shape index (κ2) is 8.22. The lowest BCUT2D eigenvalue weighted by Crippen LogP contribution is -2.50. The van der Waals surface area contributed by atoms with Gasteiger partial charge in [-0.3, -0.25) is 14.4 Å². The molecule has 0 aromatic heterocycles. The highest BCUT2D eigenvalue weighted by Crippen LogP contribution is 2.60. The Kier molecular flexibility index (Phi) is 5.66. The first-order valence-corrected chi connectivity index (χ1v) is 12.5. The van der Waals surface area contributed by atoms with Gasteiger partial charge in [-0.2, -0.15) is 5.01 Å². The number of halogens is 4. The summed E-state index contributed by atoms with van der Waals surface area (Å²) in [6.07, 6.45) is 0.783. The van der Waals surface area contributed by atoms with Crippen molar-refractivity contribution < 1.29 is 18.8 Å². The molecule has 6 atom stereocenters. The Balaban J connectivity index is 1.54. The molecule has 5 nitrogen and oxygen atoms in total. The van der Waals surface area contributed by atoms with Crippen LogP contribution in [0.3, 0.4) is 0 Å². The summed E-state index contributed by atoms with van der Waals surface area (Å²) in [6, 6.07) is 12.2. The third-order valence-corrected chi connectivity index (χ3v) is 10.3. The number of carbonyl (C=O) groups is 3. The molecule has 1 heterocycles. The highest BCUT2D eigenvalue weighted by atomic mass is 79.9. The lowest BCUT2D eigenvalue weighted by molar-refractivity contribution is -0.156. The van der Waals surface area contributed by atoms with E-state index < -0.39 is 35.4 Å². The maximum atomic E-state index is 14.5. The minimum Gasteiger partial charge on any atom is -0.272 e. The number of alkyl halides is 2. The van der Waals surface area contributed by atoms with Crippen molar-refractivity contribution in [3.63, 3.8) is 0 Å². The number of hydrazine groups is 1. The number of hydrogen-bond donors (Lipinski definition) is 0. The van der Waals surface area contributed by atoms with Gasteiger partial charge in [0.25, 0.3) is 17.7 Å². The molecule has 0 radical (unpaired) electrons. The van der Waals surface area contributed by atoms with Crippen LogP contribution in [0.4, 0.5) is 4.39 Å². The number of rotatable bonds is 4. The largest absolute Gasteiger partial charge is 0.273 e. The third-order valence-electron chi connectivity index (χ3n) is 6.81. The monoisotopic (exact) mass is 582 g/mol. The molecule has 2 aromatic rings. The highest BCUT2D eigenvalue weighted by Gasteiger charge is 2.67. The SMILES string of the molecule is O=C(c1ccc(Cl)cc1)N(Cc1ccccc1F)N1C(=O)[C@@H]2[C@H]3C[C@@H]([C@H](Br)[C@H]3Br)[C@@H]2C1=O. The van der Waals surface area contributed by atoms with Gasteiger partial charge in [-0.05, 0) is 48.6 Å². The molecular formula is C23H18Br2ClFN2O3. The van der Waals surface area contributed by atoms with Crippen molar-refractivity contribution in [2.45, 2.75) is 22.6 Å². The molecule has 5 rings (SSSR count). The molecule has 2 aromatic carbocycles. The number of hydrogen-bond acceptors (Lipinski definition) is 3. The van der Waals surface area contributed by atoms with Gasteiger partial charge in [0.15, 0.2) is 0 Å². The zero-order valence-corrected chi connectivity index (χ0v) is 20.6. The predicted octanol–water partition coefficient (Wildman–Crippen LogP) is 4.81. The molecule has 9 heteroatoms. The molecule has 3 aliphatic rings. The second-order valence-corrected chi connectivity index (χ2v) is 11.0. The van der Waals surface area contributed by atoms with Crippen LogP contribution in [-0.2, 0) is 16.1 Å². The molecule has 2 saturated carbocycles. The van der Waals surface area contributed by atoms with E-state index in [1.165, 1.54) is 24.3 Å². The molecule has 3 fully saturated rings. The molecule has 1 aliphatic heterocycles. The van der Waals surface area contributed by atoms with Gasteiger partial charge >= 0.3 is 0 Å². The topological polar surface area (TPSA) is 57.7 Å². The third kappa shape index (κ3) is 3.33. The Morgan fingerprint density at radius 2 is 1.56 bits per heavy atom. The van der Waals surface area contributed by atoms with Crippen molar-refractivity contribution in [2.75, 3.05) is 0 Å². The predicted molar refractivity (Wildman–Crippen MR) is 124 cm³/mol. The Bertz CT molecular complexity index is 1080. The van der Waals surface area contributed by atoms with Crippen LogP contribution < -0.4 is 0 Å². The Hall–Kier alpha value is -1.77. The molecule has 166 valence electrons. The summed E-state index contributed by atoms with van der Waals surface area (Å²) in [5.74, 6) is -2.80. The summed E-state index contributed by atoms with van der Waals surface area (Å²) in [5.41, 5.74) is 0.468. The Morgan fingerprint density at radius 1 is 1.00 bits per heavy atom. The maximum absolute atomic E-state index is 14.5. The van der Waals surface area contributed by atoms with E-state index in [1.807, 2.05) is 0 Å². The lowest BCUT2D eigenvalue weighted by Gasteiger charge is -2.31. The average Bonchev–Trinajstić information content (AvgIpc) is 3.39. The fourth-order valence-electron chi connectivity index (χ4n) is 5.33. The molecule has 3 amide bonds. The van der Waals surface area contributed by atoms with Crippen LogP contribution in [0.1, 0.15) is 22.3 Å².